The maximum atomic E-state index is 10.7. The summed E-state index contributed by atoms with van der Waals surface area (Å²) in [6.45, 7) is -3.02. The Hall–Kier alpha value is -0.600. The van der Waals surface area contributed by atoms with Gasteiger partial charge in [0.05, 0.1) is 38.6 Å². The van der Waals surface area contributed by atoms with E-state index in [-0.39, 0.29) is 6.42 Å². The standard InChI is InChI=1S/C18H34O15/c19-2-6(23)1-8(7(24)3-20)30-18-15(29)16(12(26)10(5-22)32-18)33-17-14(28)13(27)11(25)9(4-21)31-17/h6-29H,1-5H2/t6-,7+,8-,9+,10+,11+,12+,13-,14+,15+,16-,17-,18+/m0/s1. The van der Waals surface area contributed by atoms with Crippen LogP contribution in [-0.2, 0) is 18.9 Å². The van der Waals surface area contributed by atoms with E-state index in [9.17, 15) is 51.1 Å². The normalized spacial score (nSPS) is 42.6. The molecule has 0 saturated carbocycles. The van der Waals surface area contributed by atoms with Crippen molar-refractivity contribution in [1.29, 1.82) is 0 Å². The van der Waals surface area contributed by atoms with E-state index < -0.39 is 106 Å². The number of aliphatic hydroxyl groups is 11. The van der Waals surface area contributed by atoms with Crippen molar-refractivity contribution in [3.05, 3.63) is 0 Å². The highest BCUT2D eigenvalue weighted by Crippen LogP contribution is 2.30. The van der Waals surface area contributed by atoms with E-state index in [4.69, 9.17) is 24.1 Å². The lowest BCUT2D eigenvalue weighted by Crippen LogP contribution is -2.65. The maximum absolute atomic E-state index is 10.7. The number of aliphatic hydroxyl groups excluding tert-OH is 11. The molecule has 0 bridgehead atoms. The molecular weight excluding hydrogens is 456 g/mol. The van der Waals surface area contributed by atoms with Gasteiger partial charge in [0, 0.05) is 6.42 Å². The predicted octanol–water partition coefficient (Wildman–Crippen LogP) is -6.91. The summed E-state index contributed by atoms with van der Waals surface area (Å²) in [5, 5.41) is 108. The van der Waals surface area contributed by atoms with Crippen LogP contribution >= 0.6 is 0 Å². The third-order valence-corrected chi connectivity index (χ3v) is 5.60. The molecule has 2 saturated heterocycles. The first kappa shape index (κ1) is 28.6. The summed E-state index contributed by atoms with van der Waals surface area (Å²) in [6, 6.07) is 0. The monoisotopic (exact) mass is 490 g/mol. The van der Waals surface area contributed by atoms with E-state index in [1.807, 2.05) is 0 Å². The Morgan fingerprint density at radius 3 is 1.79 bits per heavy atom. The van der Waals surface area contributed by atoms with Gasteiger partial charge in [-0.05, 0) is 0 Å². The zero-order chi connectivity index (χ0) is 24.9. The fraction of sp³-hybridized carbons (Fsp3) is 1.00. The number of hydrogen-bond donors (Lipinski definition) is 11. The summed E-state index contributed by atoms with van der Waals surface area (Å²) < 4.78 is 21.4. The van der Waals surface area contributed by atoms with Gasteiger partial charge >= 0.3 is 0 Å². The Bertz CT molecular complexity index is 567. The fourth-order valence-electron chi connectivity index (χ4n) is 3.60. The quantitative estimate of drug-likeness (QED) is 0.129. The van der Waals surface area contributed by atoms with Crippen LogP contribution in [0.4, 0.5) is 0 Å². The summed E-state index contributed by atoms with van der Waals surface area (Å²) >= 11 is 0. The molecule has 0 radical (unpaired) electrons. The molecule has 2 fully saturated rings. The maximum Gasteiger partial charge on any atom is 0.187 e. The third kappa shape index (κ3) is 6.75. The lowest BCUT2D eigenvalue weighted by atomic mass is 9.96. The molecule has 0 aliphatic carbocycles. The largest absolute Gasteiger partial charge is 0.394 e. The summed E-state index contributed by atoms with van der Waals surface area (Å²) in [7, 11) is 0. The van der Waals surface area contributed by atoms with Gasteiger partial charge in [-0.3, -0.25) is 0 Å². The summed E-state index contributed by atoms with van der Waals surface area (Å²) in [5.41, 5.74) is 0. The van der Waals surface area contributed by atoms with Crippen LogP contribution in [0.15, 0.2) is 0 Å². The van der Waals surface area contributed by atoms with E-state index in [0.29, 0.717) is 0 Å². The van der Waals surface area contributed by atoms with Crippen LogP contribution in [-0.4, -0.2) is 162 Å². The highest BCUT2D eigenvalue weighted by Gasteiger charge is 2.51. The predicted molar refractivity (Wildman–Crippen MR) is 102 cm³/mol. The minimum Gasteiger partial charge on any atom is -0.394 e. The van der Waals surface area contributed by atoms with Crippen molar-refractivity contribution >= 4 is 0 Å². The second kappa shape index (κ2) is 12.9. The molecule has 0 aromatic rings. The molecule has 2 heterocycles. The molecule has 0 amide bonds. The van der Waals surface area contributed by atoms with Crippen molar-refractivity contribution in [3.8, 4) is 0 Å². The first-order chi connectivity index (χ1) is 15.6. The smallest absolute Gasteiger partial charge is 0.187 e. The number of rotatable bonds is 11. The van der Waals surface area contributed by atoms with Crippen LogP contribution in [0.25, 0.3) is 0 Å². The first-order valence-electron chi connectivity index (χ1n) is 10.4. The SMILES string of the molecule is OC[C@@H](O)C[C@H](O[C@@H]1O[C@H](CO)[C@@H](O)[C@H](O[C@@H]2O[C@H](CO)[C@@H](O)[C@H](O)[C@H]2O)[C@H]1O)[C@H](O)CO. The zero-order valence-corrected chi connectivity index (χ0v) is 17.6. The molecule has 2 aliphatic rings. The topological polar surface area (TPSA) is 259 Å². The molecule has 2 rings (SSSR count). The highest BCUT2D eigenvalue weighted by atomic mass is 16.7. The van der Waals surface area contributed by atoms with Gasteiger partial charge < -0.3 is 75.1 Å². The molecular formula is C18H34O15. The summed E-state index contributed by atoms with van der Waals surface area (Å²) in [4.78, 5) is 0. The van der Waals surface area contributed by atoms with Gasteiger partial charge in [-0.25, -0.2) is 0 Å². The van der Waals surface area contributed by atoms with Gasteiger partial charge in [-0.1, -0.05) is 0 Å². The Morgan fingerprint density at radius 2 is 1.24 bits per heavy atom. The van der Waals surface area contributed by atoms with Gasteiger partial charge in [-0.2, -0.15) is 0 Å². The third-order valence-electron chi connectivity index (χ3n) is 5.60. The van der Waals surface area contributed by atoms with Crippen LogP contribution in [0.5, 0.6) is 0 Å². The molecule has 13 atom stereocenters. The highest BCUT2D eigenvalue weighted by molar-refractivity contribution is 4.94. The van der Waals surface area contributed by atoms with E-state index in [1.54, 1.807) is 0 Å². The van der Waals surface area contributed by atoms with Crippen LogP contribution in [0.2, 0.25) is 0 Å². The summed E-state index contributed by atoms with van der Waals surface area (Å²) in [5.74, 6) is 0. The lowest BCUT2D eigenvalue weighted by molar-refractivity contribution is -0.366. The molecule has 33 heavy (non-hydrogen) atoms. The second-order valence-corrected chi connectivity index (χ2v) is 8.00. The Kier molecular flexibility index (Phi) is 11.2. The zero-order valence-electron chi connectivity index (χ0n) is 17.6. The van der Waals surface area contributed by atoms with Crippen molar-refractivity contribution in [3.63, 3.8) is 0 Å². The molecule has 0 spiro atoms. The fourth-order valence-corrected chi connectivity index (χ4v) is 3.60. The van der Waals surface area contributed by atoms with E-state index in [1.165, 1.54) is 0 Å². The Balaban J connectivity index is 2.20. The minimum absolute atomic E-state index is 0.380. The van der Waals surface area contributed by atoms with Crippen molar-refractivity contribution in [1.82, 2.24) is 0 Å². The molecule has 0 unspecified atom stereocenters. The second-order valence-electron chi connectivity index (χ2n) is 8.00. The van der Waals surface area contributed by atoms with Crippen molar-refractivity contribution in [2.45, 2.75) is 86.1 Å². The Labute approximate surface area is 188 Å². The van der Waals surface area contributed by atoms with Gasteiger partial charge in [0.25, 0.3) is 0 Å². The number of hydrogen-bond acceptors (Lipinski definition) is 15. The average Bonchev–Trinajstić information content (AvgIpc) is 2.81. The van der Waals surface area contributed by atoms with Crippen molar-refractivity contribution < 1.29 is 75.1 Å². The lowest BCUT2D eigenvalue weighted by Gasteiger charge is -2.46. The van der Waals surface area contributed by atoms with Crippen LogP contribution in [0, 0.1) is 0 Å². The summed E-state index contributed by atoms with van der Waals surface area (Å²) in [6.07, 6.45) is -21.4. The van der Waals surface area contributed by atoms with Gasteiger partial charge in [0.2, 0.25) is 0 Å². The molecule has 11 N–H and O–H groups in total. The molecule has 0 aromatic carbocycles. The Morgan fingerprint density at radius 1 is 0.667 bits per heavy atom. The van der Waals surface area contributed by atoms with Gasteiger partial charge in [0.15, 0.2) is 12.6 Å². The molecule has 0 aromatic heterocycles. The molecule has 15 nitrogen and oxygen atoms in total. The number of ether oxygens (including phenoxy) is 4. The molecule has 2 aliphatic heterocycles. The molecule has 15 heteroatoms. The van der Waals surface area contributed by atoms with Crippen LogP contribution in [0.1, 0.15) is 6.42 Å². The van der Waals surface area contributed by atoms with Crippen molar-refractivity contribution in [2.24, 2.45) is 0 Å². The van der Waals surface area contributed by atoms with Crippen LogP contribution < -0.4 is 0 Å². The first-order valence-corrected chi connectivity index (χ1v) is 10.4. The van der Waals surface area contributed by atoms with E-state index in [2.05, 4.69) is 0 Å². The average molecular weight is 490 g/mol. The van der Waals surface area contributed by atoms with Crippen molar-refractivity contribution in [2.75, 3.05) is 26.4 Å². The van der Waals surface area contributed by atoms with Gasteiger partial charge in [-0.15, -0.1) is 0 Å². The van der Waals surface area contributed by atoms with Crippen LogP contribution in [0.3, 0.4) is 0 Å². The van der Waals surface area contributed by atoms with E-state index >= 15 is 0 Å². The molecule has 196 valence electrons. The van der Waals surface area contributed by atoms with E-state index in [0.717, 1.165) is 0 Å². The minimum atomic E-state index is -1.85. The van der Waals surface area contributed by atoms with Gasteiger partial charge in [0.1, 0.15) is 54.9 Å².